The van der Waals surface area contributed by atoms with Gasteiger partial charge in [0, 0.05) is 30.2 Å². The molecule has 0 aromatic heterocycles. The van der Waals surface area contributed by atoms with Gasteiger partial charge in [0.25, 0.3) is 0 Å². The number of esters is 1. The highest BCUT2D eigenvalue weighted by atomic mass is 16.6. The molecule has 22 heavy (non-hydrogen) atoms. The normalized spacial score (nSPS) is 21.0. The number of anilines is 1. The number of carbonyl (C=O) groups is 1. The highest BCUT2D eigenvalue weighted by molar-refractivity contribution is 5.99. The number of nitrogen functional groups attached to an aromatic ring is 1. The van der Waals surface area contributed by atoms with Gasteiger partial charge >= 0.3 is 5.97 Å². The van der Waals surface area contributed by atoms with Crippen LogP contribution >= 0.6 is 0 Å². The fourth-order valence-corrected chi connectivity index (χ4v) is 2.26. The second-order valence-corrected chi connectivity index (χ2v) is 5.32. The zero-order chi connectivity index (χ0) is 16.1. The molecular weight excluding hydrogens is 284 g/mol. The molecule has 1 aromatic rings. The fourth-order valence-electron chi connectivity index (χ4n) is 2.26. The predicted octanol–water partition coefficient (Wildman–Crippen LogP) is 2.36. The summed E-state index contributed by atoms with van der Waals surface area (Å²) in [6, 6.07) is 5.40. The molecule has 0 spiro atoms. The van der Waals surface area contributed by atoms with Gasteiger partial charge in [0.2, 0.25) is 0 Å². The molecule has 0 amide bonds. The Morgan fingerprint density at radius 1 is 1.36 bits per heavy atom. The van der Waals surface area contributed by atoms with Gasteiger partial charge in [0.1, 0.15) is 11.9 Å². The highest BCUT2D eigenvalue weighted by Crippen LogP contribution is 2.31. The van der Waals surface area contributed by atoms with E-state index in [0.29, 0.717) is 36.6 Å². The Hall–Kier alpha value is -2.24. The summed E-state index contributed by atoms with van der Waals surface area (Å²) >= 11 is 0. The van der Waals surface area contributed by atoms with Crippen molar-refractivity contribution in [2.24, 2.45) is 11.1 Å². The van der Waals surface area contributed by atoms with Crippen LogP contribution in [-0.4, -0.2) is 31.5 Å². The lowest BCUT2D eigenvalue weighted by atomic mass is 9.82. The van der Waals surface area contributed by atoms with Crippen LogP contribution in [0, 0.1) is 5.92 Å². The van der Waals surface area contributed by atoms with Gasteiger partial charge in [-0.2, -0.15) is 0 Å². The molecule has 2 N–H and O–H groups in total. The topological polar surface area (TPSA) is 83.1 Å². The van der Waals surface area contributed by atoms with E-state index in [-0.39, 0.29) is 18.0 Å². The summed E-state index contributed by atoms with van der Waals surface area (Å²) in [4.78, 5) is 17.0. The summed E-state index contributed by atoms with van der Waals surface area (Å²) in [5.41, 5.74) is 7.98. The van der Waals surface area contributed by atoms with E-state index >= 15 is 0 Å². The van der Waals surface area contributed by atoms with E-state index in [9.17, 15) is 4.79 Å². The molecule has 0 unspecified atom stereocenters. The van der Waals surface area contributed by atoms with Crippen molar-refractivity contribution in [1.29, 1.82) is 0 Å². The average Bonchev–Trinajstić information content (AvgIpc) is 2.44. The summed E-state index contributed by atoms with van der Waals surface area (Å²) in [5, 5.41) is 4.13. The predicted molar refractivity (Wildman–Crippen MR) is 83.8 cm³/mol. The minimum atomic E-state index is -0.149. The lowest BCUT2D eigenvalue weighted by molar-refractivity contribution is -0.157. The van der Waals surface area contributed by atoms with Gasteiger partial charge < -0.3 is 20.0 Å². The van der Waals surface area contributed by atoms with Crippen molar-refractivity contribution >= 4 is 17.4 Å². The van der Waals surface area contributed by atoms with Crippen molar-refractivity contribution in [2.45, 2.75) is 32.8 Å². The molecule has 1 saturated carbocycles. The van der Waals surface area contributed by atoms with E-state index in [1.807, 2.05) is 19.1 Å². The van der Waals surface area contributed by atoms with Crippen LogP contribution in [-0.2, 0) is 14.4 Å². The third-order valence-electron chi connectivity index (χ3n) is 3.64. The summed E-state index contributed by atoms with van der Waals surface area (Å²) in [5.74, 6) is 0.465. The van der Waals surface area contributed by atoms with E-state index in [2.05, 4.69) is 5.16 Å². The number of oxime groups is 1. The van der Waals surface area contributed by atoms with Crippen molar-refractivity contribution in [3.8, 4) is 5.75 Å². The molecule has 0 heterocycles. The van der Waals surface area contributed by atoms with Crippen LogP contribution in [0.5, 0.6) is 5.75 Å². The van der Waals surface area contributed by atoms with E-state index in [0.717, 1.165) is 5.56 Å². The van der Waals surface area contributed by atoms with E-state index < -0.39 is 0 Å². The Morgan fingerprint density at radius 3 is 2.73 bits per heavy atom. The Balaban J connectivity index is 1.89. The minimum Gasteiger partial charge on any atom is -0.497 e. The van der Waals surface area contributed by atoms with E-state index in [1.165, 1.54) is 0 Å². The lowest BCUT2D eigenvalue weighted by Gasteiger charge is -2.31. The van der Waals surface area contributed by atoms with Crippen LogP contribution in [0.3, 0.4) is 0 Å². The molecule has 2 rings (SSSR count). The molecule has 1 aromatic carbocycles. The molecule has 6 heteroatoms. The number of benzene rings is 1. The monoisotopic (exact) mass is 306 g/mol. The van der Waals surface area contributed by atoms with Crippen LogP contribution in [0.1, 0.15) is 32.3 Å². The quantitative estimate of drug-likeness (QED) is 0.377. The van der Waals surface area contributed by atoms with Gasteiger partial charge in [0.15, 0.2) is 0 Å². The maximum atomic E-state index is 11.5. The molecule has 1 aliphatic carbocycles. The largest absolute Gasteiger partial charge is 0.497 e. The first kappa shape index (κ1) is 16.1. The van der Waals surface area contributed by atoms with E-state index in [1.54, 1.807) is 20.1 Å². The maximum Gasteiger partial charge on any atom is 0.309 e. The fraction of sp³-hybridized carbons (Fsp3) is 0.500. The van der Waals surface area contributed by atoms with Crippen molar-refractivity contribution in [3.05, 3.63) is 23.8 Å². The summed E-state index contributed by atoms with van der Waals surface area (Å²) in [7, 11) is 1.59. The third-order valence-corrected chi connectivity index (χ3v) is 3.64. The smallest absolute Gasteiger partial charge is 0.309 e. The zero-order valence-electron chi connectivity index (χ0n) is 13.2. The van der Waals surface area contributed by atoms with Crippen molar-refractivity contribution < 1.29 is 19.1 Å². The standard InChI is InChI=1S/C16H22N2O4/c1-4-21-16(19)12-7-15(8-12)22-18-10(2)11-5-13(17)9-14(6-11)20-3/h5-6,9,12,15H,4,7-8,17H2,1-3H3/b18-10+. The molecule has 0 atom stereocenters. The van der Waals surface area contributed by atoms with Gasteiger partial charge in [-0.15, -0.1) is 0 Å². The highest BCUT2D eigenvalue weighted by Gasteiger charge is 2.37. The number of nitrogens with zero attached hydrogens (tertiary/aromatic N) is 1. The Morgan fingerprint density at radius 2 is 2.09 bits per heavy atom. The first-order chi connectivity index (χ1) is 10.5. The number of hydrogen-bond donors (Lipinski definition) is 1. The number of rotatable bonds is 6. The Labute approximate surface area is 130 Å². The summed E-state index contributed by atoms with van der Waals surface area (Å²) < 4.78 is 10.1. The second-order valence-electron chi connectivity index (χ2n) is 5.32. The number of hydrogen-bond acceptors (Lipinski definition) is 6. The SMILES string of the molecule is CCOC(=O)C1CC(O/N=C(\C)c2cc(N)cc(OC)c2)C1. The molecule has 0 saturated heterocycles. The lowest BCUT2D eigenvalue weighted by Crippen LogP contribution is -2.36. The minimum absolute atomic E-state index is 0.0349. The van der Waals surface area contributed by atoms with Gasteiger partial charge in [-0.05, 0) is 26.0 Å². The van der Waals surface area contributed by atoms with Crippen LogP contribution < -0.4 is 10.5 Å². The number of methoxy groups -OCH3 is 1. The van der Waals surface area contributed by atoms with Gasteiger partial charge in [-0.1, -0.05) is 5.16 Å². The zero-order valence-corrected chi connectivity index (χ0v) is 13.2. The average molecular weight is 306 g/mol. The van der Waals surface area contributed by atoms with Crippen LogP contribution in [0.15, 0.2) is 23.4 Å². The van der Waals surface area contributed by atoms with Crippen molar-refractivity contribution in [2.75, 3.05) is 19.5 Å². The van der Waals surface area contributed by atoms with Gasteiger partial charge in [-0.25, -0.2) is 0 Å². The van der Waals surface area contributed by atoms with Crippen LogP contribution in [0.2, 0.25) is 0 Å². The van der Waals surface area contributed by atoms with Crippen LogP contribution in [0.4, 0.5) is 5.69 Å². The first-order valence-corrected chi connectivity index (χ1v) is 7.35. The molecule has 0 bridgehead atoms. The first-order valence-electron chi connectivity index (χ1n) is 7.35. The molecule has 1 fully saturated rings. The van der Waals surface area contributed by atoms with E-state index in [4.69, 9.17) is 20.0 Å². The van der Waals surface area contributed by atoms with Crippen molar-refractivity contribution in [3.63, 3.8) is 0 Å². The number of nitrogens with two attached hydrogens (primary N) is 1. The molecular formula is C16H22N2O4. The number of carbonyl (C=O) groups excluding carboxylic acids is 1. The molecule has 0 aliphatic heterocycles. The second kappa shape index (κ2) is 7.15. The molecule has 120 valence electrons. The van der Waals surface area contributed by atoms with Crippen LogP contribution in [0.25, 0.3) is 0 Å². The molecule has 0 radical (unpaired) electrons. The van der Waals surface area contributed by atoms with Gasteiger partial charge in [0.05, 0.1) is 25.3 Å². The molecule has 1 aliphatic rings. The maximum absolute atomic E-state index is 11.5. The summed E-state index contributed by atoms with van der Waals surface area (Å²) in [6.45, 7) is 4.06. The van der Waals surface area contributed by atoms with Crippen molar-refractivity contribution in [1.82, 2.24) is 0 Å². The third kappa shape index (κ3) is 3.90. The Kier molecular flexibility index (Phi) is 5.25. The van der Waals surface area contributed by atoms with Gasteiger partial charge in [-0.3, -0.25) is 4.79 Å². The number of ether oxygens (including phenoxy) is 2. The Bertz CT molecular complexity index is 565. The summed E-state index contributed by atoms with van der Waals surface area (Å²) in [6.07, 6.45) is 1.26. The molecule has 6 nitrogen and oxygen atoms in total.